The first-order chi connectivity index (χ1) is 13.7. The molecule has 0 radical (unpaired) electrons. The van der Waals surface area contributed by atoms with E-state index in [9.17, 15) is 4.79 Å². The van der Waals surface area contributed by atoms with Gasteiger partial charge >= 0.3 is 0 Å². The Morgan fingerprint density at radius 1 is 1.04 bits per heavy atom. The Morgan fingerprint density at radius 3 is 2.46 bits per heavy atom. The minimum atomic E-state index is -0.105. The fraction of sp³-hybridized carbons (Fsp3) is 0.227. The molecule has 1 amide bonds. The summed E-state index contributed by atoms with van der Waals surface area (Å²) >= 11 is 0. The SMILES string of the molecule is COc1cccc(CCNc2ncc(C(=O)N(C)Cc3ccccc3)cn2)c1. The van der Waals surface area contributed by atoms with Crippen molar-refractivity contribution in [3.05, 3.63) is 83.7 Å². The lowest BCUT2D eigenvalue weighted by atomic mass is 10.1. The van der Waals surface area contributed by atoms with Gasteiger partial charge in [0.15, 0.2) is 0 Å². The van der Waals surface area contributed by atoms with Crippen molar-refractivity contribution >= 4 is 11.9 Å². The second kappa shape index (κ2) is 9.50. The van der Waals surface area contributed by atoms with E-state index in [1.165, 1.54) is 5.56 Å². The number of carbonyl (C=O) groups is 1. The molecule has 0 fully saturated rings. The second-order valence-corrected chi connectivity index (χ2v) is 6.47. The van der Waals surface area contributed by atoms with Crippen LogP contribution >= 0.6 is 0 Å². The first kappa shape index (κ1) is 19.4. The molecule has 1 heterocycles. The number of hydrogen-bond donors (Lipinski definition) is 1. The van der Waals surface area contributed by atoms with Crippen molar-refractivity contribution < 1.29 is 9.53 Å². The Bertz CT molecular complexity index is 898. The van der Waals surface area contributed by atoms with E-state index >= 15 is 0 Å². The molecule has 0 saturated heterocycles. The number of carbonyl (C=O) groups excluding carboxylic acids is 1. The molecular formula is C22H24N4O2. The maximum atomic E-state index is 12.5. The van der Waals surface area contributed by atoms with E-state index in [2.05, 4.69) is 21.4 Å². The lowest BCUT2D eigenvalue weighted by molar-refractivity contribution is 0.0784. The zero-order valence-corrected chi connectivity index (χ0v) is 16.1. The number of amides is 1. The van der Waals surface area contributed by atoms with E-state index in [-0.39, 0.29) is 5.91 Å². The highest BCUT2D eigenvalue weighted by Gasteiger charge is 2.13. The van der Waals surface area contributed by atoms with Crippen molar-refractivity contribution in [3.8, 4) is 5.75 Å². The van der Waals surface area contributed by atoms with Crippen LogP contribution in [0.4, 0.5) is 5.95 Å². The van der Waals surface area contributed by atoms with E-state index < -0.39 is 0 Å². The highest BCUT2D eigenvalue weighted by Crippen LogP contribution is 2.13. The summed E-state index contributed by atoms with van der Waals surface area (Å²) in [7, 11) is 3.43. The van der Waals surface area contributed by atoms with Crippen molar-refractivity contribution in [1.82, 2.24) is 14.9 Å². The summed E-state index contributed by atoms with van der Waals surface area (Å²) in [5.41, 5.74) is 2.72. The summed E-state index contributed by atoms with van der Waals surface area (Å²) in [6.07, 6.45) is 3.94. The third-order valence-corrected chi connectivity index (χ3v) is 4.34. The molecule has 3 aromatic rings. The smallest absolute Gasteiger partial charge is 0.257 e. The molecule has 0 bridgehead atoms. The first-order valence-corrected chi connectivity index (χ1v) is 9.14. The summed E-state index contributed by atoms with van der Waals surface area (Å²) in [5, 5.41) is 3.18. The van der Waals surface area contributed by atoms with Crippen LogP contribution in [0.1, 0.15) is 21.5 Å². The molecule has 0 atom stereocenters. The Labute approximate surface area is 165 Å². The van der Waals surface area contributed by atoms with Gasteiger partial charge in [0.05, 0.1) is 12.7 Å². The number of benzene rings is 2. The summed E-state index contributed by atoms with van der Waals surface area (Å²) in [6.45, 7) is 1.23. The Morgan fingerprint density at radius 2 is 1.75 bits per heavy atom. The van der Waals surface area contributed by atoms with Gasteiger partial charge in [-0.1, -0.05) is 42.5 Å². The van der Waals surface area contributed by atoms with Gasteiger partial charge in [-0.2, -0.15) is 0 Å². The fourth-order valence-corrected chi connectivity index (χ4v) is 2.83. The second-order valence-electron chi connectivity index (χ2n) is 6.47. The average molecular weight is 376 g/mol. The van der Waals surface area contributed by atoms with E-state index in [1.807, 2.05) is 48.5 Å². The average Bonchev–Trinajstić information content (AvgIpc) is 2.74. The van der Waals surface area contributed by atoms with Crippen LogP contribution in [-0.2, 0) is 13.0 Å². The predicted octanol–water partition coefficient (Wildman–Crippen LogP) is 3.41. The molecular weight excluding hydrogens is 352 g/mol. The monoisotopic (exact) mass is 376 g/mol. The van der Waals surface area contributed by atoms with E-state index in [0.717, 1.165) is 17.7 Å². The van der Waals surface area contributed by atoms with E-state index in [0.29, 0.717) is 24.6 Å². The van der Waals surface area contributed by atoms with Gasteiger partial charge in [0.2, 0.25) is 5.95 Å². The van der Waals surface area contributed by atoms with Crippen molar-refractivity contribution in [1.29, 1.82) is 0 Å². The van der Waals surface area contributed by atoms with Crippen LogP contribution in [0.25, 0.3) is 0 Å². The molecule has 2 aromatic carbocycles. The van der Waals surface area contributed by atoms with Crippen LogP contribution in [-0.4, -0.2) is 41.5 Å². The number of methoxy groups -OCH3 is 1. The highest BCUT2D eigenvalue weighted by molar-refractivity contribution is 5.93. The summed E-state index contributed by atoms with van der Waals surface area (Å²) in [5.74, 6) is 1.24. The largest absolute Gasteiger partial charge is 0.497 e. The van der Waals surface area contributed by atoms with Gasteiger partial charge < -0.3 is 15.0 Å². The van der Waals surface area contributed by atoms with Gasteiger partial charge in [0.1, 0.15) is 5.75 Å². The number of ether oxygens (including phenoxy) is 1. The molecule has 3 rings (SSSR count). The summed E-state index contributed by atoms with van der Waals surface area (Å²) in [6, 6.07) is 17.8. The maximum Gasteiger partial charge on any atom is 0.257 e. The number of hydrogen-bond acceptors (Lipinski definition) is 5. The van der Waals surface area contributed by atoms with Gasteiger partial charge in [-0.05, 0) is 29.7 Å². The number of rotatable bonds is 8. The van der Waals surface area contributed by atoms with Crippen LogP contribution < -0.4 is 10.1 Å². The number of aromatic nitrogens is 2. The topological polar surface area (TPSA) is 67.3 Å². The van der Waals surface area contributed by atoms with Crippen LogP contribution in [0.15, 0.2) is 67.0 Å². The van der Waals surface area contributed by atoms with E-state index in [1.54, 1.807) is 31.5 Å². The third kappa shape index (κ3) is 5.30. The number of nitrogens with zero attached hydrogens (tertiary/aromatic N) is 3. The lowest BCUT2D eigenvalue weighted by Gasteiger charge is -2.17. The van der Waals surface area contributed by atoms with Crippen LogP contribution in [0, 0.1) is 0 Å². The zero-order chi connectivity index (χ0) is 19.8. The Balaban J connectivity index is 1.51. The molecule has 0 aliphatic carbocycles. The van der Waals surface area contributed by atoms with Gasteiger partial charge in [0, 0.05) is 32.5 Å². The van der Waals surface area contributed by atoms with Crippen molar-refractivity contribution in [3.63, 3.8) is 0 Å². The summed E-state index contributed by atoms with van der Waals surface area (Å²) < 4.78 is 5.23. The van der Waals surface area contributed by atoms with Gasteiger partial charge in [-0.15, -0.1) is 0 Å². The summed E-state index contributed by atoms with van der Waals surface area (Å²) in [4.78, 5) is 22.7. The molecule has 1 aromatic heterocycles. The van der Waals surface area contributed by atoms with Crippen molar-refractivity contribution in [2.24, 2.45) is 0 Å². The molecule has 0 unspecified atom stereocenters. The standard InChI is InChI=1S/C22H24N4O2/c1-26(16-18-7-4-3-5-8-18)21(27)19-14-24-22(25-15-19)23-12-11-17-9-6-10-20(13-17)28-2/h3-10,13-15H,11-12,16H2,1-2H3,(H,23,24,25). The van der Waals surface area contributed by atoms with Crippen LogP contribution in [0.2, 0.25) is 0 Å². The van der Waals surface area contributed by atoms with Crippen molar-refractivity contribution in [2.75, 3.05) is 26.0 Å². The molecule has 1 N–H and O–H groups in total. The minimum absolute atomic E-state index is 0.105. The third-order valence-electron chi connectivity index (χ3n) is 4.34. The van der Waals surface area contributed by atoms with Crippen LogP contribution in [0.3, 0.4) is 0 Å². The molecule has 0 saturated carbocycles. The first-order valence-electron chi connectivity index (χ1n) is 9.14. The maximum absolute atomic E-state index is 12.5. The predicted molar refractivity (Wildman–Crippen MR) is 109 cm³/mol. The van der Waals surface area contributed by atoms with Gasteiger partial charge in [-0.3, -0.25) is 4.79 Å². The number of nitrogens with one attached hydrogen (secondary N) is 1. The van der Waals surface area contributed by atoms with Crippen molar-refractivity contribution in [2.45, 2.75) is 13.0 Å². The number of anilines is 1. The molecule has 0 spiro atoms. The molecule has 28 heavy (non-hydrogen) atoms. The Kier molecular flexibility index (Phi) is 6.57. The normalized spacial score (nSPS) is 10.4. The van der Waals surface area contributed by atoms with Gasteiger partial charge in [0.25, 0.3) is 5.91 Å². The lowest BCUT2D eigenvalue weighted by Crippen LogP contribution is -2.26. The fourth-order valence-electron chi connectivity index (χ4n) is 2.83. The quantitative estimate of drug-likeness (QED) is 0.653. The Hall–Kier alpha value is -3.41. The van der Waals surface area contributed by atoms with E-state index in [4.69, 9.17) is 4.74 Å². The molecule has 0 aliphatic rings. The van der Waals surface area contributed by atoms with Crippen LogP contribution in [0.5, 0.6) is 5.75 Å². The molecule has 0 aliphatic heterocycles. The highest BCUT2D eigenvalue weighted by atomic mass is 16.5. The van der Waals surface area contributed by atoms with Gasteiger partial charge in [-0.25, -0.2) is 9.97 Å². The molecule has 6 heteroatoms. The molecule has 6 nitrogen and oxygen atoms in total. The molecule has 144 valence electrons. The zero-order valence-electron chi connectivity index (χ0n) is 16.1. The minimum Gasteiger partial charge on any atom is -0.497 e.